The molecule has 20 heavy (non-hydrogen) atoms. The average molecular weight is 284 g/mol. The predicted octanol–water partition coefficient (Wildman–Crippen LogP) is 1.31. The number of halogens is 3. The Morgan fingerprint density at radius 2 is 1.95 bits per heavy atom. The Balaban J connectivity index is 3.05. The minimum absolute atomic E-state index is 0.199. The Morgan fingerprint density at radius 3 is 2.45 bits per heavy atom. The number of hydrogen-bond acceptors (Lipinski definition) is 2. The van der Waals surface area contributed by atoms with Crippen molar-refractivity contribution >= 4 is 11.8 Å². The first kappa shape index (κ1) is 15.6. The van der Waals surface area contributed by atoms with E-state index in [0.717, 1.165) is 18.2 Å². The molecule has 0 aliphatic carbocycles. The molecule has 3 N–H and O–H groups in total. The van der Waals surface area contributed by atoms with Gasteiger partial charge in [0, 0.05) is 6.42 Å². The van der Waals surface area contributed by atoms with E-state index in [9.17, 15) is 22.8 Å². The van der Waals surface area contributed by atoms with Crippen LogP contribution in [0, 0.1) is 12.3 Å². The van der Waals surface area contributed by atoms with Crippen LogP contribution in [0.25, 0.3) is 0 Å². The molecule has 1 aromatic carbocycles. The lowest BCUT2D eigenvalue weighted by molar-refractivity contribution is -0.137. The monoisotopic (exact) mass is 284 g/mol. The van der Waals surface area contributed by atoms with Gasteiger partial charge in [0.2, 0.25) is 5.91 Å². The highest BCUT2D eigenvalue weighted by Gasteiger charge is 2.35. The summed E-state index contributed by atoms with van der Waals surface area (Å²) < 4.78 is 38.2. The van der Waals surface area contributed by atoms with Gasteiger partial charge in [0.05, 0.1) is 11.1 Å². The van der Waals surface area contributed by atoms with E-state index >= 15 is 0 Å². The smallest absolute Gasteiger partial charge is 0.368 e. The van der Waals surface area contributed by atoms with Crippen LogP contribution < -0.4 is 11.1 Å². The fourth-order valence-electron chi connectivity index (χ4n) is 1.50. The normalized spacial score (nSPS) is 12.3. The van der Waals surface area contributed by atoms with Gasteiger partial charge in [0.15, 0.2) is 0 Å². The molecule has 4 nitrogen and oxygen atoms in total. The maximum atomic E-state index is 12.7. The molecule has 2 amide bonds. The van der Waals surface area contributed by atoms with E-state index in [2.05, 4.69) is 11.2 Å². The zero-order valence-corrected chi connectivity index (χ0v) is 10.2. The largest absolute Gasteiger partial charge is 0.417 e. The van der Waals surface area contributed by atoms with Crippen LogP contribution in [0.4, 0.5) is 13.2 Å². The van der Waals surface area contributed by atoms with E-state index in [-0.39, 0.29) is 6.42 Å². The van der Waals surface area contributed by atoms with E-state index in [1.54, 1.807) is 0 Å². The summed E-state index contributed by atoms with van der Waals surface area (Å²) in [5, 5.41) is 2.09. The molecule has 0 aliphatic heterocycles. The van der Waals surface area contributed by atoms with E-state index < -0.39 is 35.2 Å². The number of hydrogen-bond donors (Lipinski definition) is 2. The molecule has 0 bridgehead atoms. The summed E-state index contributed by atoms with van der Waals surface area (Å²) in [7, 11) is 0. The molecular weight excluding hydrogens is 273 g/mol. The van der Waals surface area contributed by atoms with Gasteiger partial charge in [-0.3, -0.25) is 9.59 Å². The first-order chi connectivity index (χ1) is 9.27. The lowest BCUT2D eigenvalue weighted by Crippen LogP contribution is -2.44. The fraction of sp³-hybridized carbons (Fsp3) is 0.231. The van der Waals surface area contributed by atoms with Crippen LogP contribution in [0.3, 0.4) is 0 Å². The van der Waals surface area contributed by atoms with E-state index in [1.807, 2.05) is 0 Å². The summed E-state index contributed by atoms with van der Waals surface area (Å²) in [6, 6.07) is 3.01. The van der Waals surface area contributed by atoms with Crippen LogP contribution in [0.5, 0.6) is 0 Å². The zero-order valence-electron chi connectivity index (χ0n) is 10.2. The molecule has 0 saturated carbocycles. The van der Waals surface area contributed by atoms with Gasteiger partial charge >= 0.3 is 6.18 Å². The van der Waals surface area contributed by atoms with Crippen LogP contribution in [0.15, 0.2) is 24.3 Å². The van der Waals surface area contributed by atoms with Gasteiger partial charge in [0.25, 0.3) is 5.91 Å². The molecule has 1 rings (SSSR count). The highest BCUT2D eigenvalue weighted by Crippen LogP contribution is 2.31. The van der Waals surface area contributed by atoms with Crippen LogP contribution in [0.2, 0.25) is 0 Å². The highest BCUT2D eigenvalue weighted by atomic mass is 19.4. The quantitative estimate of drug-likeness (QED) is 0.818. The Labute approximate surface area is 113 Å². The number of terminal acetylenes is 1. The Morgan fingerprint density at radius 1 is 1.35 bits per heavy atom. The lowest BCUT2D eigenvalue weighted by atomic mass is 10.1. The second-order valence-corrected chi connectivity index (χ2v) is 3.88. The second kappa shape index (κ2) is 6.10. The number of alkyl halides is 3. The Kier molecular flexibility index (Phi) is 4.75. The summed E-state index contributed by atoms with van der Waals surface area (Å²) in [5.41, 5.74) is 3.31. The van der Waals surface area contributed by atoms with Crippen molar-refractivity contribution in [3.63, 3.8) is 0 Å². The fourth-order valence-corrected chi connectivity index (χ4v) is 1.50. The molecular formula is C13H11F3N2O2. The first-order valence-corrected chi connectivity index (χ1v) is 5.47. The highest BCUT2D eigenvalue weighted by molar-refractivity contribution is 5.98. The molecule has 0 aromatic heterocycles. The van der Waals surface area contributed by atoms with Crippen molar-refractivity contribution in [2.45, 2.75) is 18.6 Å². The summed E-state index contributed by atoms with van der Waals surface area (Å²) in [6.07, 6.45) is 0.114. The molecule has 0 heterocycles. The van der Waals surface area contributed by atoms with Crippen molar-refractivity contribution in [3.8, 4) is 12.3 Å². The number of amides is 2. The van der Waals surface area contributed by atoms with E-state index in [4.69, 9.17) is 12.2 Å². The molecule has 0 radical (unpaired) electrons. The number of benzene rings is 1. The van der Waals surface area contributed by atoms with Crippen molar-refractivity contribution in [1.29, 1.82) is 0 Å². The van der Waals surface area contributed by atoms with Crippen molar-refractivity contribution in [1.82, 2.24) is 5.32 Å². The zero-order chi connectivity index (χ0) is 15.3. The van der Waals surface area contributed by atoms with Gasteiger partial charge in [-0.05, 0) is 12.1 Å². The standard InChI is InChI=1S/C13H11F3N2O2/c1-2-5-10(11(17)19)18-12(20)8-6-3-4-7-9(8)13(14,15)16/h1,3-4,6-7,10H,5H2,(H2,17,19)(H,18,20)/t10-/m1/s1. The van der Waals surface area contributed by atoms with Gasteiger partial charge in [-0.25, -0.2) is 0 Å². The molecule has 1 atom stereocenters. The summed E-state index contributed by atoms with van der Waals surface area (Å²) in [5.74, 6) is 0.139. The Bertz CT molecular complexity index is 561. The first-order valence-electron chi connectivity index (χ1n) is 5.47. The summed E-state index contributed by atoms with van der Waals surface area (Å²) in [4.78, 5) is 22.8. The van der Waals surface area contributed by atoms with Crippen molar-refractivity contribution in [2.24, 2.45) is 5.73 Å². The third kappa shape index (κ3) is 3.75. The molecule has 0 aliphatic rings. The minimum atomic E-state index is -4.68. The number of nitrogens with two attached hydrogens (primary N) is 1. The van der Waals surface area contributed by atoms with E-state index in [1.165, 1.54) is 6.07 Å². The summed E-state index contributed by atoms with van der Waals surface area (Å²) in [6.45, 7) is 0. The number of primary amides is 1. The molecule has 0 spiro atoms. The van der Waals surface area contributed by atoms with Gasteiger partial charge in [-0.2, -0.15) is 13.2 Å². The van der Waals surface area contributed by atoms with Crippen LogP contribution in [-0.2, 0) is 11.0 Å². The van der Waals surface area contributed by atoms with Gasteiger partial charge in [-0.1, -0.05) is 12.1 Å². The average Bonchev–Trinajstić information content (AvgIpc) is 2.37. The van der Waals surface area contributed by atoms with Crippen LogP contribution in [0.1, 0.15) is 22.3 Å². The number of carbonyl (C=O) groups excluding carboxylic acids is 2. The van der Waals surface area contributed by atoms with Gasteiger partial charge in [-0.15, -0.1) is 12.3 Å². The SMILES string of the molecule is C#CC[C@@H](NC(=O)c1ccccc1C(F)(F)F)C(N)=O. The minimum Gasteiger partial charge on any atom is -0.368 e. The van der Waals surface area contributed by atoms with E-state index in [0.29, 0.717) is 0 Å². The van der Waals surface area contributed by atoms with Crippen molar-refractivity contribution < 1.29 is 22.8 Å². The summed E-state index contributed by atoms with van der Waals surface area (Å²) >= 11 is 0. The number of rotatable bonds is 4. The number of nitrogens with one attached hydrogen (secondary N) is 1. The molecule has 0 saturated heterocycles. The second-order valence-electron chi connectivity index (χ2n) is 3.88. The topological polar surface area (TPSA) is 72.2 Å². The maximum Gasteiger partial charge on any atom is 0.417 e. The maximum absolute atomic E-state index is 12.7. The molecule has 0 unspecified atom stereocenters. The molecule has 0 fully saturated rings. The van der Waals surface area contributed by atoms with Crippen LogP contribution in [-0.4, -0.2) is 17.9 Å². The van der Waals surface area contributed by atoms with Crippen molar-refractivity contribution in [3.05, 3.63) is 35.4 Å². The van der Waals surface area contributed by atoms with Gasteiger partial charge in [0.1, 0.15) is 6.04 Å². The molecule has 7 heteroatoms. The molecule has 106 valence electrons. The molecule has 1 aromatic rings. The predicted molar refractivity (Wildman–Crippen MR) is 65.3 cm³/mol. The third-order valence-corrected chi connectivity index (χ3v) is 2.45. The Hall–Kier alpha value is -2.49. The third-order valence-electron chi connectivity index (χ3n) is 2.45. The lowest BCUT2D eigenvalue weighted by Gasteiger charge is -2.16. The van der Waals surface area contributed by atoms with Crippen molar-refractivity contribution in [2.75, 3.05) is 0 Å². The van der Waals surface area contributed by atoms with Gasteiger partial charge < -0.3 is 11.1 Å². The van der Waals surface area contributed by atoms with Crippen LogP contribution >= 0.6 is 0 Å². The number of carbonyl (C=O) groups is 2.